The van der Waals surface area contributed by atoms with Crippen LogP contribution in [0.4, 0.5) is 36.2 Å². The van der Waals surface area contributed by atoms with Gasteiger partial charge in [0.15, 0.2) is 0 Å². The quantitative estimate of drug-likeness (QED) is 0.263. The molecule has 1 aliphatic rings. The van der Waals surface area contributed by atoms with Crippen LogP contribution in [-0.4, -0.2) is 59.6 Å². The molecule has 0 atom stereocenters. The maximum Gasteiger partial charge on any atom is 0.416 e. The minimum absolute atomic E-state index is 0.101. The highest BCUT2D eigenvalue weighted by atomic mass is 19.4. The molecule has 0 saturated carbocycles. The number of H-pyrrole nitrogens is 1. The summed E-state index contributed by atoms with van der Waals surface area (Å²) in [5.74, 6) is 0.749. The third-order valence-electron chi connectivity index (χ3n) is 7.08. The van der Waals surface area contributed by atoms with Crippen molar-refractivity contribution in [1.29, 1.82) is 0 Å². The summed E-state index contributed by atoms with van der Waals surface area (Å²) in [4.78, 5) is 24.8. The number of alkyl halides is 3. The molecule has 210 valence electrons. The molecule has 0 unspecified atom stereocenters. The fourth-order valence-corrected chi connectivity index (χ4v) is 4.84. The smallest absolute Gasteiger partial charge is 0.416 e. The van der Waals surface area contributed by atoms with E-state index in [1.54, 1.807) is 12.1 Å². The number of methoxy groups -OCH3 is 1. The number of aromatic amines is 1. The highest BCUT2D eigenvalue weighted by Gasteiger charge is 2.31. The van der Waals surface area contributed by atoms with Crippen LogP contribution in [0.2, 0.25) is 0 Å². The molecular weight excluding hydrogens is 521 g/mol. The predicted molar refractivity (Wildman–Crippen MR) is 151 cm³/mol. The molecular formula is C29H31F3N6O2. The van der Waals surface area contributed by atoms with Gasteiger partial charge >= 0.3 is 6.18 Å². The van der Waals surface area contributed by atoms with Crippen molar-refractivity contribution in [2.45, 2.75) is 19.6 Å². The lowest BCUT2D eigenvalue weighted by molar-refractivity contribution is -0.137. The van der Waals surface area contributed by atoms with Gasteiger partial charge in [-0.15, -0.1) is 0 Å². The van der Waals surface area contributed by atoms with Gasteiger partial charge in [-0.3, -0.25) is 9.69 Å². The number of pyridine rings is 2. The Morgan fingerprint density at radius 3 is 2.38 bits per heavy atom. The second kappa shape index (κ2) is 11.6. The SMILES string of the molecule is CCN1CCN(Cc2ccc(Nc3nc(Nc4cc(C(F)(F)F)ccc4OC)cc4cc[nH]c(=O)c34)cc2)CC1. The minimum Gasteiger partial charge on any atom is -0.495 e. The monoisotopic (exact) mass is 552 g/mol. The molecule has 4 aromatic rings. The fourth-order valence-electron chi connectivity index (χ4n) is 4.84. The number of likely N-dealkylation sites (N-methyl/N-ethyl adjacent to an activating group) is 1. The van der Waals surface area contributed by atoms with Crippen molar-refractivity contribution in [2.24, 2.45) is 0 Å². The van der Waals surface area contributed by atoms with Crippen LogP contribution >= 0.6 is 0 Å². The fraction of sp³-hybridized carbons (Fsp3) is 0.310. The second-order valence-corrected chi connectivity index (χ2v) is 9.70. The number of piperazine rings is 1. The Balaban J connectivity index is 1.41. The highest BCUT2D eigenvalue weighted by molar-refractivity contribution is 5.95. The summed E-state index contributed by atoms with van der Waals surface area (Å²) in [5.41, 5.74) is 0.852. The van der Waals surface area contributed by atoms with E-state index in [1.807, 2.05) is 24.3 Å². The summed E-state index contributed by atoms with van der Waals surface area (Å²) in [6.45, 7) is 8.31. The average Bonchev–Trinajstić information content (AvgIpc) is 2.94. The Labute approximate surface area is 229 Å². The third-order valence-corrected chi connectivity index (χ3v) is 7.08. The molecule has 2 aromatic carbocycles. The standard InChI is InChI=1S/C29H31F3N6O2/c1-3-37-12-14-38(15-13-37)18-19-4-7-22(8-5-19)34-27-26-20(10-11-33-28(26)39)16-25(36-27)35-23-17-21(29(30,31)32)6-9-24(23)40-2/h4-11,16-17H,3,12-15,18H2,1-2H3,(H,33,39)(H2,34,35,36). The second-order valence-electron chi connectivity index (χ2n) is 9.70. The van der Waals surface area contributed by atoms with Crippen molar-refractivity contribution in [3.8, 4) is 5.75 Å². The van der Waals surface area contributed by atoms with Crippen LogP contribution in [0, 0.1) is 0 Å². The van der Waals surface area contributed by atoms with Gasteiger partial charge < -0.3 is 25.3 Å². The Hall–Kier alpha value is -4.09. The normalized spacial score (nSPS) is 14.8. The van der Waals surface area contributed by atoms with E-state index < -0.39 is 11.7 Å². The zero-order valence-corrected chi connectivity index (χ0v) is 22.3. The Morgan fingerprint density at radius 1 is 0.975 bits per heavy atom. The summed E-state index contributed by atoms with van der Waals surface area (Å²) in [6.07, 6.45) is -3.01. The number of rotatable bonds is 8. The van der Waals surface area contributed by atoms with Crippen LogP contribution in [0.5, 0.6) is 5.75 Å². The van der Waals surface area contributed by atoms with Gasteiger partial charge in [0.2, 0.25) is 0 Å². The van der Waals surface area contributed by atoms with E-state index in [1.165, 1.54) is 24.9 Å². The van der Waals surface area contributed by atoms with Crippen LogP contribution in [0.15, 0.2) is 65.6 Å². The number of hydrogen-bond donors (Lipinski definition) is 3. The van der Waals surface area contributed by atoms with Gasteiger partial charge in [0.1, 0.15) is 17.4 Å². The van der Waals surface area contributed by atoms with E-state index in [0.29, 0.717) is 10.8 Å². The number of aromatic nitrogens is 2. The summed E-state index contributed by atoms with van der Waals surface area (Å²) < 4.78 is 45.3. The van der Waals surface area contributed by atoms with Crippen molar-refractivity contribution >= 4 is 33.8 Å². The van der Waals surface area contributed by atoms with E-state index in [4.69, 9.17) is 4.74 Å². The lowest BCUT2D eigenvalue weighted by atomic mass is 10.1. The number of ether oxygens (including phenoxy) is 1. The van der Waals surface area contributed by atoms with Gasteiger partial charge in [-0.25, -0.2) is 4.98 Å². The lowest BCUT2D eigenvalue weighted by Gasteiger charge is -2.34. The van der Waals surface area contributed by atoms with Crippen molar-refractivity contribution in [3.05, 3.63) is 82.3 Å². The van der Waals surface area contributed by atoms with Crippen molar-refractivity contribution in [1.82, 2.24) is 19.8 Å². The molecule has 2 aromatic heterocycles. The highest BCUT2D eigenvalue weighted by Crippen LogP contribution is 2.36. The van der Waals surface area contributed by atoms with Gasteiger partial charge in [-0.05, 0) is 60.0 Å². The first-order valence-corrected chi connectivity index (χ1v) is 13.1. The van der Waals surface area contributed by atoms with E-state index in [0.717, 1.165) is 57.1 Å². The Bertz CT molecular complexity index is 1530. The number of nitrogens with zero attached hydrogens (tertiary/aromatic N) is 3. The number of anilines is 4. The van der Waals surface area contributed by atoms with E-state index in [9.17, 15) is 18.0 Å². The van der Waals surface area contributed by atoms with E-state index in [2.05, 4.69) is 37.3 Å². The topological polar surface area (TPSA) is 85.5 Å². The maximum atomic E-state index is 13.4. The van der Waals surface area contributed by atoms with Gasteiger partial charge in [-0.2, -0.15) is 13.2 Å². The van der Waals surface area contributed by atoms with Crippen LogP contribution in [0.3, 0.4) is 0 Å². The molecule has 0 amide bonds. The van der Waals surface area contributed by atoms with Gasteiger partial charge in [0.25, 0.3) is 5.56 Å². The molecule has 11 heteroatoms. The molecule has 3 N–H and O–H groups in total. The largest absolute Gasteiger partial charge is 0.495 e. The molecule has 0 aliphatic carbocycles. The summed E-state index contributed by atoms with van der Waals surface area (Å²) in [5, 5.41) is 7.06. The Morgan fingerprint density at radius 2 is 1.70 bits per heavy atom. The number of halogens is 3. The molecule has 1 aliphatic heterocycles. The molecule has 0 radical (unpaired) electrons. The maximum absolute atomic E-state index is 13.4. The first-order valence-electron chi connectivity index (χ1n) is 13.1. The summed E-state index contributed by atoms with van der Waals surface area (Å²) in [6, 6.07) is 14.4. The summed E-state index contributed by atoms with van der Waals surface area (Å²) in [7, 11) is 1.38. The molecule has 5 rings (SSSR count). The first kappa shape index (κ1) is 27.5. The van der Waals surface area contributed by atoms with Gasteiger partial charge in [0, 0.05) is 44.6 Å². The molecule has 8 nitrogen and oxygen atoms in total. The predicted octanol–water partition coefficient (Wildman–Crippen LogP) is 5.58. The zero-order chi connectivity index (χ0) is 28.3. The molecule has 1 fully saturated rings. The van der Waals surface area contributed by atoms with Crippen LogP contribution in [0.25, 0.3) is 10.8 Å². The Kier molecular flexibility index (Phi) is 7.95. The summed E-state index contributed by atoms with van der Waals surface area (Å²) >= 11 is 0. The zero-order valence-electron chi connectivity index (χ0n) is 22.3. The van der Waals surface area contributed by atoms with Crippen LogP contribution in [0.1, 0.15) is 18.1 Å². The van der Waals surface area contributed by atoms with Gasteiger partial charge in [-0.1, -0.05) is 19.1 Å². The number of fused-ring (bicyclic) bond motifs is 1. The minimum atomic E-state index is -4.52. The van der Waals surface area contributed by atoms with Crippen molar-refractivity contribution < 1.29 is 17.9 Å². The van der Waals surface area contributed by atoms with Gasteiger partial charge in [0.05, 0.1) is 23.7 Å². The first-order chi connectivity index (χ1) is 19.2. The average molecular weight is 553 g/mol. The van der Waals surface area contributed by atoms with Crippen molar-refractivity contribution in [2.75, 3.05) is 50.5 Å². The number of benzene rings is 2. The third kappa shape index (κ3) is 6.21. The van der Waals surface area contributed by atoms with E-state index in [-0.39, 0.29) is 28.6 Å². The number of hydrogen-bond acceptors (Lipinski definition) is 7. The molecule has 40 heavy (non-hydrogen) atoms. The van der Waals surface area contributed by atoms with Crippen LogP contribution < -0.4 is 20.9 Å². The van der Waals surface area contributed by atoms with Crippen LogP contribution in [-0.2, 0) is 12.7 Å². The molecule has 1 saturated heterocycles. The molecule has 0 bridgehead atoms. The molecule has 3 heterocycles. The van der Waals surface area contributed by atoms with E-state index >= 15 is 0 Å². The lowest BCUT2D eigenvalue weighted by Crippen LogP contribution is -2.45. The molecule has 0 spiro atoms. The van der Waals surface area contributed by atoms with Crippen molar-refractivity contribution in [3.63, 3.8) is 0 Å². The number of nitrogens with one attached hydrogen (secondary N) is 3.